The molecule has 1 aromatic carbocycles. The third kappa shape index (κ3) is 2.19. The summed E-state index contributed by atoms with van der Waals surface area (Å²) in [6.07, 6.45) is 1.48. The summed E-state index contributed by atoms with van der Waals surface area (Å²) < 4.78 is 25.2. The molecule has 0 saturated heterocycles. The lowest BCUT2D eigenvalue weighted by molar-refractivity contribution is 0.507. The van der Waals surface area contributed by atoms with Crippen molar-refractivity contribution in [2.24, 2.45) is 11.7 Å². The van der Waals surface area contributed by atoms with Gasteiger partial charge in [-0.15, -0.1) is 0 Å². The van der Waals surface area contributed by atoms with Crippen molar-refractivity contribution in [1.29, 1.82) is 0 Å². The summed E-state index contributed by atoms with van der Waals surface area (Å²) in [5.74, 6) is 0.0385. The van der Waals surface area contributed by atoms with Crippen molar-refractivity contribution in [3.05, 3.63) is 29.3 Å². The number of sulfone groups is 1. The van der Waals surface area contributed by atoms with Crippen molar-refractivity contribution in [2.75, 3.05) is 0 Å². The van der Waals surface area contributed by atoms with Gasteiger partial charge in [-0.2, -0.15) is 0 Å². The van der Waals surface area contributed by atoms with Crippen LogP contribution in [0.4, 0.5) is 0 Å². The number of benzene rings is 1. The Balaban J connectivity index is 2.39. The lowest BCUT2D eigenvalue weighted by Gasteiger charge is -2.19. The fourth-order valence-corrected chi connectivity index (χ4v) is 4.82. The van der Waals surface area contributed by atoms with Crippen LogP contribution in [0.5, 0.6) is 0 Å². The third-order valence-electron chi connectivity index (χ3n) is 4.25. The van der Waals surface area contributed by atoms with Crippen LogP contribution in [0, 0.1) is 19.8 Å². The summed E-state index contributed by atoms with van der Waals surface area (Å²) >= 11 is 0. The Labute approximate surface area is 109 Å². The van der Waals surface area contributed by atoms with Gasteiger partial charge in [0.15, 0.2) is 9.84 Å². The molecular formula is C14H21NO2S. The molecule has 1 aliphatic carbocycles. The molecule has 18 heavy (non-hydrogen) atoms. The van der Waals surface area contributed by atoms with Gasteiger partial charge in [0.1, 0.15) is 0 Å². The first-order valence-corrected chi connectivity index (χ1v) is 7.95. The zero-order chi connectivity index (χ0) is 13.5. The Bertz CT molecular complexity index is 551. The topological polar surface area (TPSA) is 60.2 Å². The molecule has 100 valence electrons. The van der Waals surface area contributed by atoms with Crippen LogP contribution in [0.2, 0.25) is 0 Å². The average Bonchev–Trinajstić information content (AvgIpc) is 2.64. The highest BCUT2D eigenvalue weighted by Gasteiger charge is 2.39. The molecule has 2 rings (SSSR count). The quantitative estimate of drug-likeness (QED) is 0.893. The Morgan fingerprint density at radius 3 is 2.33 bits per heavy atom. The van der Waals surface area contributed by atoms with Crippen LogP contribution >= 0.6 is 0 Å². The second-order valence-electron chi connectivity index (χ2n) is 5.43. The molecule has 4 heteroatoms. The molecule has 0 aromatic heterocycles. The molecule has 0 radical (unpaired) electrons. The summed E-state index contributed by atoms with van der Waals surface area (Å²) in [6.45, 7) is 5.87. The molecule has 0 spiro atoms. The van der Waals surface area contributed by atoms with Crippen molar-refractivity contribution >= 4 is 9.84 Å². The molecule has 0 amide bonds. The largest absolute Gasteiger partial charge is 0.327 e. The van der Waals surface area contributed by atoms with Crippen LogP contribution in [0.25, 0.3) is 0 Å². The second-order valence-corrected chi connectivity index (χ2v) is 7.60. The first kappa shape index (κ1) is 13.6. The summed E-state index contributed by atoms with van der Waals surface area (Å²) in [6, 6.07) is 5.38. The molecule has 3 nitrogen and oxygen atoms in total. The van der Waals surface area contributed by atoms with E-state index in [1.165, 1.54) is 0 Å². The molecule has 0 bridgehead atoms. The Morgan fingerprint density at radius 1 is 1.17 bits per heavy atom. The van der Waals surface area contributed by atoms with E-state index in [9.17, 15) is 8.42 Å². The van der Waals surface area contributed by atoms with E-state index in [1.807, 2.05) is 26.8 Å². The molecule has 1 saturated carbocycles. The van der Waals surface area contributed by atoms with Crippen LogP contribution in [-0.4, -0.2) is 19.7 Å². The van der Waals surface area contributed by atoms with Gasteiger partial charge in [0, 0.05) is 6.04 Å². The lowest BCUT2D eigenvalue weighted by Crippen LogP contribution is -2.32. The smallest absolute Gasteiger partial charge is 0.181 e. The lowest BCUT2D eigenvalue weighted by atomic mass is 10.1. The van der Waals surface area contributed by atoms with Gasteiger partial charge in [0.25, 0.3) is 0 Å². The minimum Gasteiger partial charge on any atom is -0.327 e. The maximum absolute atomic E-state index is 12.6. The van der Waals surface area contributed by atoms with E-state index < -0.39 is 9.84 Å². The first-order chi connectivity index (χ1) is 8.34. The van der Waals surface area contributed by atoms with E-state index in [-0.39, 0.29) is 17.2 Å². The van der Waals surface area contributed by atoms with E-state index in [0.29, 0.717) is 11.3 Å². The van der Waals surface area contributed by atoms with Gasteiger partial charge < -0.3 is 5.73 Å². The van der Waals surface area contributed by atoms with Crippen molar-refractivity contribution in [3.63, 3.8) is 0 Å². The second kappa shape index (κ2) is 4.67. The van der Waals surface area contributed by atoms with Crippen LogP contribution in [0.15, 0.2) is 23.1 Å². The molecule has 2 N–H and O–H groups in total. The summed E-state index contributed by atoms with van der Waals surface area (Å²) in [5.41, 5.74) is 8.07. The van der Waals surface area contributed by atoms with E-state index in [0.717, 1.165) is 17.5 Å². The molecule has 1 fully saturated rings. The SMILES string of the molecule is Cc1ccc(S(=O)(=O)C2CCC(N)C2C)cc1C. The maximum Gasteiger partial charge on any atom is 0.181 e. The number of nitrogens with two attached hydrogens (primary N) is 1. The predicted molar refractivity (Wildman–Crippen MR) is 73.3 cm³/mol. The molecule has 0 heterocycles. The molecular weight excluding hydrogens is 246 g/mol. The van der Waals surface area contributed by atoms with E-state index in [4.69, 9.17) is 5.73 Å². The van der Waals surface area contributed by atoms with Crippen molar-refractivity contribution in [1.82, 2.24) is 0 Å². The van der Waals surface area contributed by atoms with Gasteiger partial charge in [-0.1, -0.05) is 13.0 Å². The van der Waals surface area contributed by atoms with Gasteiger partial charge in [0.2, 0.25) is 0 Å². The molecule has 0 aliphatic heterocycles. The first-order valence-electron chi connectivity index (χ1n) is 6.41. The average molecular weight is 267 g/mol. The third-order valence-corrected chi connectivity index (χ3v) is 6.62. The minimum absolute atomic E-state index is 0.0105. The maximum atomic E-state index is 12.6. The molecule has 1 aromatic rings. The fourth-order valence-electron chi connectivity index (χ4n) is 2.66. The van der Waals surface area contributed by atoms with Crippen LogP contribution < -0.4 is 5.73 Å². The number of rotatable bonds is 2. The zero-order valence-electron chi connectivity index (χ0n) is 11.2. The molecule has 3 atom stereocenters. The van der Waals surface area contributed by atoms with Gasteiger partial charge in [-0.3, -0.25) is 0 Å². The van der Waals surface area contributed by atoms with Gasteiger partial charge in [-0.25, -0.2) is 8.42 Å². The van der Waals surface area contributed by atoms with Crippen molar-refractivity contribution in [3.8, 4) is 0 Å². The number of hydrogen-bond acceptors (Lipinski definition) is 3. The summed E-state index contributed by atoms with van der Waals surface area (Å²) in [4.78, 5) is 0.441. The normalized spacial score (nSPS) is 28.6. The predicted octanol–water partition coefficient (Wildman–Crippen LogP) is 2.20. The van der Waals surface area contributed by atoms with E-state index in [1.54, 1.807) is 12.1 Å². The Morgan fingerprint density at radius 2 is 1.83 bits per heavy atom. The van der Waals surface area contributed by atoms with E-state index >= 15 is 0 Å². The zero-order valence-corrected chi connectivity index (χ0v) is 12.0. The van der Waals surface area contributed by atoms with Gasteiger partial charge >= 0.3 is 0 Å². The van der Waals surface area contributed by atoms with Crippen molar-refractivity contribution < 1.29 is 8.42 Å². The standard InChI is InChI=1S/C14H21NO2S/c1-9-4-5-12(8-10(9)2)18(16,17)14-7-6-13(15)11(14)3/h4-5,8,11,13-14H,6-7,15H2,1-3H3. The highest BCUT2D eigenvalue weighted by Crippen LogP contribution is 2.34. The van der Waals surface area contributed by atoms with Gasteiger partial charge in [-0.05, 0) is 55.9 Å². The highest BCUT2D eigenvalue weighted by molar-refractivity contribution is 7.92. The number of hydrogen-bond donors (Lipinski definition) is 1. The minimum atomic E-state index is -3.24. The Hall–Kier alpha value is -0.870. The van der Waals surface area contributed by atoms with Crippen LogP contribution in [0.3, 0.4) is 0 Å². The summed E-state index contributed by atoms with van der Waals surface area (Å²) in [7, 11) is -3.24. The van der Waals surface area contributed by atoms with Crippen LogP contribution in [-0.2, 0) is 9.84 Å². The van der Waals surface area contributed by atoms with Crippen LogP contribution in [0.1, 0.15) is 30.9 Å². The summed E-state index contributed by atoms with van der Waals surface area (Å²) in [5, 5.41) is -0.324. The molecule has 1 aliphatic rings. The fraction of sp³-hybridized carbons (Fsp3) is 0.571. The number of aryl methyl sites for hydroxylation is 2. The Kier molecular flexibility index (Phi) is 3.52. The van der Waals surface area contributed by atoms with E-state index in [2.05, 4.69) is 0 Å². The highest BCUT2D eigenvalue weighted by atomic mass is 32.2. The van der Waals surface area contributed by atoms with Crippen molar-refractivity contribution in [2.45, 2.75) is 49.8 Å². The molecule has 3 unspecified atom stereocenters. The van der Waals surface area contributed by atoms with Gasteiger partial charge in [0.05, 0.1) is 10.1 Å². The monoisotopic (exact) mass is 267 g/mol.